The van der Waals surface area contributed by atoms with Crippen LogP contribution in [0.1, 0.15) is 24.8 Å². The third kappa shape index (κ3) is 3.47. The maximum absolute atomic E-state index is 13.1. The van der Waals surface area contributed by atoms with Crippen LogP contribution in [0.3, 0.4) is 0 Å². The molecule has 1 atom stereocenters. The van der Waals surface area contributed by atoms with Crippen molar-refractivity contribution in [3.63, 3.8) is 0 Å². The normalized spacial score (nSPS) is 18.1. The highest BCUT2D eigenvalue weighted by Crippen LogP contribution is 2.36. The molecule has 2 heterocycles. The minimum absolute atomic E-state index is 0.0328. The Morgan fingerprint density at radius 1 is 1.19 bits per heavy atom. The number of halogens is 2. The Labute approximate surface area is 160 Å². The Hall–Kier alpha value is -2.29. The van der Waals surface area contributed by atoms with Crippen LogP contribution in [0.15, 0.2) is 57.9 Å². The van der Waals surface area contributed by atoms with Crippen molar-refractivity contribution in [3.05, 3.63) is 65.3 Å². The van der Waals surface area contributed by atoms with Gasteiger partial charge in [-0.2, -0.15) is 9.29 Å². The zero-order valence-electron chi connectivity index (χ0n) is 14.0. The summed E-state index contributed by atoms with van der Waals surface area (Å²) in [7, 11) is -3.80. The third-order valence-corrected chi connectivity index (χ3v) is 6.59. The second-order valence-electron chi connectivity index (χ2n) is 6.19. The molecule has 9 heteroatoms. The van der Waals surface area contributed by atoms with Gasteiger partial charge >= 0.3 is 0 Å². The van der Waals surface area contributed by atoms with E-state index in [9.17, 15) is 12.8 Å². The van der Waals surface area contributed by atoms with Gasteiger partial charge in [0.15, 0.2) is 0 Å². The van der Waals surface area contributed by atoms with E-state index in [0.29, 0.717) is 35.8 Å². The summed E-state index contributed by atoms with van der Waals surface area (Å²) in [6, 6.07) is 11.2. The van der Waals surface area contributed by atoms with Crippen LogP contribution in [-0.2, 0) is 10.0 Å². The van der Waals surface area contributed by atoms with E-state index in [0.717, 1.165) is 12.1 Å². The van der Waals surface area contributed by atoms with E-state index >= 15 is 0 Å². The van der Waals surface area contributed by atoms with Crippen LogP contribution in [0.5, 0.6) is 0 Å². The van der Waals surface area contributed by atoms with Gasteiger partial charge in [-0.1, -0.05) is 28.9 Å². The SMILES string of the molecule is O=S(=O)(c1ccc(F)cc1)N1CCCC1c1nc(-c2cccc(Cl)c2)no1. The molecule has 1 aliphatic heterocycles. The molecule has 3 aromatic rings. The molecule has 0 saturated carbocycles. The quantitative estimate of drug-likeness (QED) is 0.652. The summed E-state index contributed by atoms with van der Waals surface area (Å²) in [5, 5.41) is 4.50. The number of nitrogens with zero attached hydrogens (tertiary/aromatic N) is 3. The molecule has 6 nitrogen and oxygen atoms in total. The average Bonchev–Trinajstić information content (AvgIpc) is 3.32. The first kappa shape index (κ1) is 18.1. The van der Waals surface area contributed by atoms with E-state index < -0.39 is 21.9 Å². The van der Waals surface area contributed by atoms with E-state index in [1.165, 1.54) is 16.4 Å². The molecule has 0 N–H and O–H groups in total. The molecule has 4 rings (SSSR count). The summed E-state index contributed by atoms with van der Waals surface area (Å²) < 4.78 is 45.7. The van der Waals surface area contributed by atoms with Crippen LogP contribution < -0.4 is 0 Å². The molecule has 0 radical (unpaired) electrons. The average molecular weight is 408 g/mol. The van der Waals surface area contributed by atoms with Gasteiger partial charge in [0.1, 0.15) is 11.9 Å². The number of hydrogen-bond acceptors (Lipinski definition) is 5. The molecule has 0 spiro atoms. The number of rotatable bonds is 4. The molecule has 1 aliphatic rings. The summed E-state index contributed by atoms with van der Waals surface area (Å²) in [5.41, 5.74) is 0.684. The fraction of sp³-hybridized carbons (Fsp3) is 0.222. The Morgan fingerprint density at radius 3 is 2.70 bits per heavy atom. The van der Waals surface area contributed by atoms with E-state index in [4.69, 9.17) is 16.1 Å². The molecule has 27 heavy (non-hydrogen) atoms. The molecule has 0 aliphatic carbocycles. The van der Waals surface area contributed by atoms with Crippen LogP contribution in [0.2, 0.25) is 5.02 Å². The van der Waals surface area contributed by atoms with Crippen molar-refractivity contribution < 1.29 is 17.3 Å². The summed E-state index contributed by atoms with van der Waals surface area (Å²) in [4.78, 5) is 4.41. The Kier molecular flexibility index (Phi) is 4.71. The molecular weight excluding hydrogens is 393 g/mol. The number of hydrogen-bond donors (Lipinski definition) is 0. The number of benzene rings is 2. The van der Waals surface area contributed by atoms with Crippen molar-refractivity contribution in [3.8, 4) is 11.4 Å². The van der Waals surface area contributed by atoms with Gasteiger partial charge < -0.3 is 4.52 Å². The molecule has 0 bridgehead atoms. The van der Waals surface area contributed by atoms with Crippen molar-refractivity contribution in [2.45, 2.75) is 23.8 Å². The largest absolute Gasteiger partial charge is 0.337 e. The van der Waals surface area contributed by atoms with Gasteiger partial charge in [-0.25, -0.2) is 12.8 Å². The van der Waals surface area contributed by atoms with Crippen molar-refractivity contribution in [1.82, 2.24) is 14.4 Å². The first-order valence-electron chi connectivity index (χ1n) is 8.32. The van der Waals surface area contributed by atoms with Gasteiger partial charge in [0.05, 0.1) is 4.90 Å². The van der Waals surface area contributed by atoms with Gasteiger partial charge in [-0.05, 0) is 49.2 Å². The summed E-state index contributed by atoms with van der Waals surface area (Å²) in [5.74, 6) is 0.0849. The third-order valence-electron chi connectivity index (χ3n) is 4.43. The minimum atomic E-state index is -3.80. The van der Waals surface area contributed by atoms with Crippen molar-refractivity contribution >= 4 is 21.6 Å². The summed E-state index contributed by atoms with van der Waals surface area (Å²) in [6.45, 7) is 0.333. The van der Waals surface area contributed by atoms with Crippen LogP contribution in [0.4, 0.5) is 4.39 Å². The Balaban J connectivity index is 1.65. The maximum atomic E-state index is 13.1. The second-order valence-corrected chi connectivity index (χ2v) is 8.52. The Morgan fingerprint density at radius 2 is 1.96 bits per heavy atom. The van der Waals surface area contributed by atoms with E-state index in [1.807, 2.05) is 0 Å². The standard InChI is InChI=1S/C18H15ClFN3O3S/c19-13-4-1-3-12(11-13)17-21-18(26-22-17)16-5-2-10-23(16)27(24,25)15-8-6-14(20)7-9-15/h1,3-4,6-9,11,16H,2,5,10H2. The topological polar surface area (TPSA) is 76.3 Å². The van der Waals surface area contributed by atoms with Gasteiger partial charge in [0.2, 0.25) is 21.7 Å². The highest BCUT2D eigenvalue weighted by Gasteiger charge is 2.39. The first-order chi connectivity index (χ1) is 12.9. The predicted molar refractivity (Wildman–Crippen MR) is 97.0 cm³/mol. The van der Waals surface area contributed by atoms with E-state index in [1.54, 1.807) is 24.3 Å². The van der Waals surface area contributed by atoms with E-state index in [-0.39, 0.29) is 10.8 Å². The highest BCUT2D eigenvalue weighted by molar-refractivity contribution is 7.89. The van der Waals surface area contributed by atoms with Crippen molar-refractivity contribution in [2.24, 2.45) is 0 Å². The molecular formula is C18H15ClFN3O3S. The van der Waals surface area contributed by atoms with Crippen LogP contribution in [-0.4, -0.2) is 29.4 Å². The molecule has 1 saturated heterocycles. The smallest absolute Gasteiger partial charge is 0.245 e. The van der Waals surface area contributed by atoms with Gasteiger partial charge in [-0.3, -0.25) is 0 Å². The van der Waals surface area contributed by atoms with Crippen molar-refractivity contribution in [1.29, 1.82) is 0 Å². The van der Waals surface area contributed by atoms with Crippen LogP contribution in [0.25, 0.3) is 11.4 Å². The number of aromatic nitrogens is 2. The van der Waals surface area contributed by atoms with E-state index in [2.05, 4.69) is 10.1 Å². The minimum Gasteiger partial charge on any atom is -0.337 e. The molecule has 1 aromatic heterocycles. The first-order valence-corrected chi connectivity index (χ1v) is 10.1. The highest BCUT2D eigenvalue weighted by atomic mass is 35.5. The fourth-order valence-electron chi connectivity index (χ4n) is 3.13. The number of sulfonamides is 1. The van der Waals surface area contributed by atoms with Crippen LogP contribution >= 0.6 is 11.6 Å². The summed E-state index contributed by atoms with van der Waals surface area (Å²) in [6.07, 6.45) is 1.23. The molecule has 1 unspecified atom stereocenters. The zero-order valence-corrected chi connectivity index (χ0v) is 15.6. The van der Waals surface area contributed by atoms with Crippen molar-refractivity contribution in [2.75, 3.05) is 6.54 Å². The van der Waals surface area contributed by atoms with Gasteiger partial charge in [0, 0.05) is 17.1 Å². The maximum Gasteiger partial charge on any atom is 0.245 e. The fourth-order valence-corrected chi connectivity index (χ4v) is 4.97. The summed E-state index contributed by atoms with van der Waals surface area (Å²) >= 11 is 5.99. The molecule has 140 valence electrons. The second kappa shape index (κ2) is 7.03. The monoisotopic (exact) mass is 407 g/mol. The van der Waals surface area contributed by atoms with Crippen LogP contribution in [0, 0.1) is 5.82 Å². The molecule has 1 fully saturated rings. The molecule has 2 aromatic carbocycles. The zero-order chi connectivity index (χ0) is 19.0. The lowest BCUT2D eigenvalue weighted by Crippen LogP contribution is -2.30. The van der Waals surface area contributed by atoms with Gasteiger partial charge in [-0.15, -0.1) is 0 Å². The molecule has 0 amide bonds. The predicted octanol–water partition coefficient (Wildman–Crippen LogP) is 4.05. The Bertz CT molecular complexity index is 1070. The van der Waals surface area contributed by atoms with Gasteiger partial charge in [0.25, 0.3) is 0 Å². The lowest BCUT2D eigenvalue weighted by Gasteiger charge is -2.21. The lowest BCUT2D eigenvalue weighted by molar-refractivity contribution is 0.290. The lowest BCUT2D eigenvalue weighted by atomic mass is 10.2.